The molecule has 0 aliphatic rings. The fourth-order valence-corrected chi connectivity index (χ4v) is 1.81. The first-order valence-corrected chi connectivity index (χ1v) is 6.36. The van der Waals surface area contributed by atoms with E-state index in [1.54, 1.807) is 10.9 Å². The van der Waals surface area contributed by atoms with E-state index in [9.17, 15) is 4.79 Å². The number of rotatable bonds is 5. The van der Waals surface area contributed by atoms with Crippen LogP contribution in [0.3, 0.4) is 0 Å². The van der Waals surface area contributed by atoms with Gasteiger partial charge in [0.2, 0.25) is 5.91 Å². The molecule has 0 saturated carbocycles. The Hall–Kier alpha value is -2.11. The van der Waals surface area contributed by atoms with Crippen LogP contribution in [0.2, 0.25) is 0 Å². The summed E-state index contributed by atoms with van der Waals surface area (Å²) in [7, 11) is 0. The Morgan fingerprint density at radius 2 is 2.26 bits per heavy atom. The Morgan fingerprint density at radius 1 is 1.47 bits per heavy atom. The molecule has 0 aromatic carbocycles. The summed E-state index contributed by atoms with van der Waals surface area (Å²) < 4.78 is 6.91. The van der Waals surface area contributed by atoms with Crippen molar-refractivity contribution in [1.29, 1.82) is 0 Å². The zero-order valence-electron chi connectivity index (χ0n) is 11.4. The molecular weight excluding hydrogens is 244 g/mol. The van der Waals surface area contributed by atoms with Crippen LogP contribution in [0.4, 0.5) is 5.69 Å². The fourth-order valence-electron chi connectivity index (χ4n) is 1.81. The number of nitrogens with one attached hydrogen (secondary N) is 1. The average molecular weight is 262 g/mol. The maximum Gasteiger partial charge on any atom is 0.229 e. The van der Waals surface area contributed by atoms with Crippen molar-refractivity contribution in [2.75, 3.05) is 5.32 Å². The van der Waals surface area contributed by atoms with Crippen LogP contribution in [-0.4, -0.2) is 20.8 Å². The Morgan fingerprint density at radius 3 is 2.89 bits per heavy atom. The minimum atomic E-state index is -0.0965. The summed E-state index contributed by atoms with van der Waals surface area (Å²) in [6, 6.07) is 0. The second kappa shape index (κ2) is 5.69. The SMILES string of the molecule is CCn1cc(CC(=O)Nc2cnoc2C(C)C)cn1. The van der Waals surface area contributed by atoms with Crippen LogP contribution in [0.15, 0.2) is 23.1 Å². The van der Waals surface area contributed by atoms with E-state index in [4.69, 9.17) is 4.52 Å². The van der Waals surface area contributed by atoms with Crippen molar-refractivity contribution in [3.8, 4) is 0 Å². The molecule has 0 radical (unpaired) electrons. The number of aromatic nitrogens is 3. The predicted octanol–water partition coefficient (Wildman–Crippen LogP) is 2.20. The van der Waals surface area contributed by atoms with Crippen molar-refractivity contribution < 1.29 is 9.32 Å². The van der Waals surface area contributed by atoms with E-state index in [0.717, 1.165) is 12.1 Å². The molecule has 2 aromatic rings. The Labute approximate surface area is 111 Å². The van der Waals surface area contributed by atoms with Crippen molar-refractivity contribution in [3.63, 3.8) is 0 Å². The first-order chi connectivity index (χ1) is 9.10. The zero-order valence-corrected chi connectivity index (χ0v) is 11.4. The summed E-state index contributed by atoms with van der Waals surface area (Å²) in [5.41, 5.74) is 1.53. The molecule has 0 saturated heterocycles. The van der Waals surface area contributed by atoms with E-state index in [2.05, 4.69) is 15.6 Å². The summed E-state index contributed by atoms with van der Waals surface area (Å²) in [6.45, 7) is 6.77. The summed E-state index contributed by atoms with van der Waals surface area (Å²) in [6.07, 6.45) is 5.40. The van der Waals surface area contributed by atoms with Gasteiger partial charge in [-0.05, 0) is 12.5 Å². The normalized spacial score (nSPS) is 10.9. The van der Waals surface area contributed by atoms with Crippen LogP contribution in [0.25, 0.3) is 0 Å². The number of hydrogen-bond acceptors (Lipinski definition) is 4. The Kier molecular flexibility index (Phi) is 3.99. The molecule has 0 aliphatic carbocycles. The van der Waals surface area contributed by atoms with Gasteiger partial charge in [0.05, 0.1) is 18.8 Å². The zero-order chi connectivity index (χ0) is 13.8. The number of carbonyl (C=O) groups is 1. The number of amides is 1. The van der Waals surface area contributed by atoms with Gasteiger partial charge < -0.3 is 9.84 Å². The topological polar surface area (TPSA) is 73.0 Å². The highest BCUT2D eigenvalue weighted by Gasteiger charge is 2.15. The molecule has 0 unspecified atom stereocenters. The Balaban J connectivity index is 1.99. The quantitative estimate of drug-likeness (QED) is 0.896. The minimum absolute atomic E-state index is 0.0965. The molecule has 19 heavy (non-hydrogen) atoms. The molecule has 1 amide bonds. The van der Waals surface area contributed by atoms with Gasteiger partial charge in [-0.2, -0.15) is 5.10 Å². The third kappa shape index (κ3) is 3.21. The van der Waals surface area contributed by atoms with Crippen LogP contribution in [0.1, 0.15) is 38.0 Å². The van der Waals surface area contributed by atoms with E-state index >= 15 is 0 Å². The van der Waals surface area contributed by atoms with Crippen LogP contribution in [-0.2, 0) is 17.8 Å². The van der Waals surface area contributed by atoms with Crippen molar-refractivity contribution in [1.82, 2.24) is 14.9 Å². The van der Waals surface area contributed by atoms with E-state index in [0.29, 0.717) is 17.9 Å². The third-order valence-electron chi connectivity index (χ3n) is 2.77. The Bertz CT molecular complexity index is 556. The number of aryl methyl sites for hydroxylation is 1. The lowest BCUT2D eigenvalue weighted by Crippen LogP contribution is -2.14. The van der Waals surface area contributed by atoms with Gasteiger partial charge in [-0.15, -0.1) is 0 Å². The van der Waals surface area contributed by atoms with E-state index < -0.39 is 0 Å². The average Bonchev–Trinajstić information content (AvgIpc) is 2.97. The van der Waals surface area contributed by atoms with E-state index in [-0.39, 0.29) is 11.8 Å². The van der Waals surface area contributed by atoms with Gasteiger partial charge in [0.15, 0.2) is 5.76 Å². The first kappa shape index (κ1) is 13.3. The first-order valence-electron chi connectivity index (χ1n) is 6.36. The highest BCUT2D eigenvalue weighted by molar-refractivity contribution is 5.92. The summed E-state index contributed by atoms with van der Waals surface area (Å²) in [4.78, 5) is 11.9. The van der Waals surface area contributed by atoms with Crippen molar-refractivity contribution >= 4 is 11.6 Å². The molecule has 2 heterocycles. The van der Waals surface area contributed by atoms with Crippen LogP contribution in [0.5, 0.6) is 0 Å². The molecule has 2 aromatic heterocycles. The molecule has 0 spiro atoms. The maximum atomic E-state index is 11.9. The van der Waals surface area contributed by atoms with Gasteiger partial charge in [-0.25, -0.2) is 0 Å². The molecule has 0 aliphatic heterocycles. The highest BCUT2D eigenvalue weighted by Crippen LogP contribution is 2.23. The molecule has 1 N–H and O–H groups in total. The number of anilines is 1. The lowest BCUT2D eigenvalue weighted by Gasteiger charge is -2.05. The molecule has 2 rings (SSSR count). The molecule has 0 bridgehead atoms. The van der Waals surface area contributed by atoms with Gasteiger partial charge >= 0.3 is 0 Å². The minimum Gasteiger partial charge on any atom is -0.359 e. The molecule has 6 heteroatoms. The van der Waals surface area contributed by atoms with Gasteiger partial charge in [0.1, 0.15) is 5.69 Å². The lowest BCUT2D eigenvalue weighted by atomic mass is 10.1. The van der Waals surface area contributed by atoms with Gasteiger partial charge in [0.25, 0.3) is 0 Å². The number of carbonyl (C=O) groups excluding carboxylic acids is 1. The van der Waals surface area contributed by atoms with Crippen molar-refractivity contribution in [2.45, 2.75) is 39.7 Å². The standard InChI is InChI=1S/C13H18N4O2/c1-4-17-8-10(6-14-17)5-12(18)16-11-7-15-19-13(11)9(2)3/h6-9H,4-5H2,1-3H3,(H,16,18). The predicted molar refractivity (Wildman–Crippen MR) is 70.8 cm³/mol. The largest absolute Gasteiger partial charge is 0.359 e. The number of hydrogen-bond donors (Lipinski definition) is 1. The smallest absolute Gasteiger partial charge is 0.229 e. The highest BCUT2D eigenvalue weighted by atomic mass is 16.5. The van der Waals surface area contributed by atoms with Crippen molar-refractivity contribution in [3.05, 3.63) is 29.9 Å². The van der Waals surface area contributed by atoms with E-state index in [1.165, 1.54) is 6.20 Å². The summed E-state index contributed by atoms with van der Waals surface area (Å²) in [5.74, 6) is 0.777. The summed E-state index contributed by atoms with van der Waals surface area (Å²) >= 11 is 0. The monoisotopic (exact) mass is 262 g/mol. The van der Waals surface area contributed by atoms with Gasteiger partial charge in [-0.1, -0.05) is 19.0 Å². The van der Waals surface area contributed by atoms with Crippen molar-refractivity contribution in [2.24, 2.45) is 0 Å². The maximum absolute atomic E-state index is 11.9. The second-order valence-corrected chi connectivity index (χ2v) is 4.69. The molecule has 102 valence electrons. The summed E-state index contributed by atoms with van der Waals surface area (Å²) in [5, 5.41) is 10.7. The third-order valence-corrected chi connectivity index (χ3v) is 2.77. The van der Waals surface area contributed by atoms with E-state index in [1.807, 2.05) is 27.0 Å². The van der Waals surface area contributed by atoms with Crippen LogP contribution >= 0.6 is 0 Å². The number of nitrogens with zero attached hydrogens (tertiary/aromatic N) is 3. The second-order valence-electron chi connectivity index (χ2n) is 4.69. The van der Waals surface area contributed by atoms with Gasteiger partial charge in [-0.3, -0.25) is 9.48 Å². The molecular formula is C13H18N4O2. The molecule has 0 atom stereocenters. The van der Waals surface area contributed by atoms with Gasteiger partial charge in [0, 0.05) is 18.7 Å². The van der Waals surface area contributed by atoms with Crippen LogP contribution < -0.4 is 5.32 Å². The molecule has 6 nitrogen and oxygen atoms in total. The lowest BCUT2D eigenvalue weighted by molar-refractivity contribution is -0.115. The fraction of sp³-hybridized carbons (Fsp3) is 0.462. The van der Waals surface area contributed by atoms with Crippen LogP contribution in [0, 0.1) is 0 Å². The molecule has 0 fully saturated rings.